The summed E-state index contributed by atoms with van der Waals surface area (Å²) >= 11 is 0. The molecular weight excluding hydrogens is 909 g/mol. The molecule has 22 heteroatoms. The van der Waals surface area contributed by atoms with Crippen LogP contribution < -0.4 is 27.2 Å². The average Bonchev–Trinajstić information content (AvgIpc) is 3.27. The second-order valence-electron chi connectivity index (χ2n) is 16.3. The highest BCUT2D eigenvalue weighted by molar-refractivity contribution is 7.20. The number of hydrogen-bond donors (Lipinski definition) is 1. The van der Waals surface area contributed by atoms with Crippen LogP contribution in [0.3, 0.4) is 0 Å². The van der Waals surface area contributed by atoms with Crippen LogP contribution in [0.15, 0.2) is 0 Å². The summed E-state index contributed by atoms with van der Waals surface area (Å²) < 4.78 is 294. The quantitative estimate of drug-likeness (QED) is 0.0706. The summed E-state index contributed by atoms with van der Waals surface area (Å²) in [5.41, 5.74) is -13.1. The fourth-order valence-electron chi connectivity index (χ4n) is 9.96. The Morgan fingerprint density at radius 3 is 0.641 bits per heavy atom. The van der Waals surface area contributed by atoms with Crippen molar-refractivity contribution in [3.8, 4) is 0 Å². The Kier molecular flexibility index (Phi) is 15.1. The molecule has 1 nitrogen and oxygen atoms in total. The lowest BCUT2D eigenvalue weighted by molar-refractivity contribution is -0.796. The first kappa shape index (κ1) is 50.5. The van der Waals surface area contributed by atoms with Gasteiger partial charge in [-0.1, -0.05) is 39.5 Å². The number of quaternary nitrogens is 1. The molecule has 2 fully saturated rings. The van der Waals surface area contributed by atoms with E-state index in [2.05, 4.69) is 19.2 Å². The van der Waals surface area contributed by atoms with Crippen LogP contribution in [-0.4, -0.2) is 17.2 Å². The Labute approximate surface area is 352 Å². The van der Waals surface area contributed by atoms with Crippen molar-refractivity contribution in [2.24, 2.45) is 0 Å². The molecule has 0 spiro atoms. The predicted octanol–water partition coefficient (Wildman–Crippen LogP) is 10.4. The van der Waals surface area contributed by atoms with E-state index < -0.39 is 144 Å². The topological polar surface area (TPSA) is 16.6 Å². The highest BCUT2D eigenvalue weighted by atomic mass is 19.2. The first-order chi connectivity index (χ1) is 29.9. The van der Waals surface area contributed by atoms with Gasteiger partial charge in [0, 0.05) is 38.5 Å². The second kappa shape index (κ2) is 19.2. The van der Waals surface area contributed by atoms with Gasteiger partial charge in [-0.25, -0.2) is 87.8 Å². The summed E-state index contributed by atoms with van der Waals surface area (Å²) in [5.74, 6) is -71.4. The zero-order valence-electron chi connectivity index (χ0n) is 33.6. The van der Waals surface area contributed by atoms with Crippen LogP contribution in [0.1, 0.15) is 104 Å². The van der Waals surface area contributed by atoms with Gasteiger partial charge in [0.1, 0.15) is 52.7 Å². The summed E-state index contributed by atoms with van der Waals surface area (Å²) in [5, 5.41) is 2.94. The predicted molar refractivity (Wildman–Crippen MR) is 193 cm³/mol. The van der Waals surface area contributed by atoms with Crippen molar-refractivity contribution in [3.63, 3.8) is 0 Å². The lowest BCUT2D eigenvalue weighted by Gasteiger charge is -2.45. The lowest BCUT2D eigenvalue weighted by atomic mass is 9.12. The van der Waals surface area contributed by atoms with E-state index in [1.807, 2.05) is 0 Å². The van der Waals surface area contributed by atoms with Gasteiger partial charge in [0.05, 0.1) is 11.1 Å². The Morgan fingerprint density at radius 1 is 0.297 bits per heavy atom. The first-order valence-electron chi connectivity index (χ1n) is 20.0. The fourth-order valence-corrected chi connectivity index (χ4v) is 9.96. The summed E-state index contributed by atoms with van der Waals surface area (Å²) in [6.45, 7) is 4.77. The molecule has 2 saturated carbocycles. The van der Waals surface area contributed by atoms with Crippen LogP contribution in [0.2, 0.25) is 0 Å². The highest BCUT2D eigenvalue weighted by Crippen LogP contribution is 2.35. The SMILES string of the molecule is CCCC1([NH2+]C2(CCC)CCCCC2)CCCCC1.Fc1c(F)c(F)c([B-](c2c(F)c(F)c(F)c(F)c2F)(c2c(F)c(F)c(F)c(F)c2F)c2c(F)c(F)c(F)c(F)c2F)c(F)c1F. The molecule has 0 heterocycles. The summed E-state index contributed by atoms with van der Waals surface area (Å²) in [4.78, 5) is 0. The van der Waals surface area contributed by atoms with E-state index in [0.29, 0.717) is 11.1 Å². The molecule has 64 heavy (non-hydrogen) atoms. The maximum absolute atomic E-state index is 15.4. The van der Waals surface area contributed by atoms with E-state index in [0.717, 1.165) is 0 Å². The van der Waals surface area contributed by atoms with Gasteiger partial charge in [-0.05, 0) is 25.7 Å². The number of rotatable bonds is 10. The van der Waals surface area contributed by atoms with Crippen LogP contribution in [0.5, 0.6) is 0 Å². The van der Waals surface area contributed by atoms with Gasteiger partial charge in [0.2, 0.25) is 0 Å². The molecule has 2 N–H and O–H groups in total. The molecule has 6 rings (SSSR count). The molecule has 2 aliphatic carbocycles. The zero-order chi connectivity index (χ0) is 48.0. The Balaban J connectivity index is 0.000000337. The number of halogens is 20. The molecule has 0 aromatic heterocycles. The first-order valence-corrected chi connectivity index (χ1v) is 20.0. The van der Waals surface area contributed by atoms with Gasteiger partial charge in [-0.3, -0.25) is 0 Å². The Bertz CT molecular complexity index is 2010. The van der Waals surface area contributed by atoms with E-state index in [-0.39, 0.29) is 0 Å². The van der Waals surface area contributed by atoms with Crippen LogP contribution in [0, 0.1) is 116 Å². The minimum atomic E-state index is -7.22. The number of nitrogens with two attached hydrogens (primary N) is 1. The molecular formula is C42H36BF20N. The van der Waals surface area contributed by atoms with Gasteiger partial charge < -0.3 is 5.32 Å². The Morgan fingerprint density at radius 2 is 0.469 bits per heavy atom. The van der Waals surface area contributed by atoms with Crippen LogP contribution in [-0.2, 0) is 0 Å². The van der Waals surface area contributed by atoms with Crippen molar-refractivity contribution in [1.29, 1.82) is 0 Å². The lowest BCUT2D eigenvalue weighted by Crippen LogP contribution is -3.06. The highest BCUT2D eigenvalue weighted by Gasteiger charge is 2.52. The summed E-state index contributed by atoms with van der Waals surface area (Å²) in [6.07, 6.45) is 13.3. The van der Waals surface area contributed by atoms with Crippen LogP contribution in [0.25, 0.3) is 0 Å². The van der Waals surface area contributed by atoms with Crippen LogP contribution in [0.4, 0.5) is 87.8 Å². The summed E-state index contributed by atoms with van der Waals surface area (Å²) in [7, 11) is 0. The van der Waals surface area contributed by atoms with Crippen molar-refractivity contribution in [2.45, 2.75) is 115 Å². The van der Waals surface area contributed by atoms with E-state index in [1.54, 1.807) is 0 Å². The van der Waals surface area contributed by atoms with Crippen LogP contribution >= 0.6 is 0 Å². The maximum Gasteiger partial charge on any atom is 0.200 e. The van der Waals surface area contributed by atoms with E-state index in [9.17, 15) is 52.7 Å². The van der Waals surface area contributed by atoms with Gasteiger partial charge >= 0.3 is 0 Å². The zero-order valence-corrected chi connectivity index (χ0v) is 33.6. The number of benzene rings is 4. The molecule has 0 aliphatic heterocycles. The van der Waals surface area contributed by atoms with Crippen molar-refractivity contribution < 1.29 is 93.1 Å². The maximum atomic E-state index is 15.4. The molecule has 352 valence electrons. The molecule has 0 atom stereocenters. The van der Waals surface area contributed by atoms with Crippen molar-refractivity contribution in [1.82, 2.24) is 0 Å². The van der Waals surface area contributed by atoms with Crippen molar-refractivity contribution >= 4 is 28.0 Å². The van der Waals surface area contributed by atoms with Gasteiger partial charge in [-0.15, -0.1) is 21.9 Å². The molecule has 0 bridgehead atoms. The van der Waals surface area contributed by atoms with Gasteiger partial charge in [0.25, 0.3) is 0 Å². The average molecular weight is 946 g/mol. The van der Waals surface area contributed by atoms with Gasteiger partial charge in [0.15, 0.2) is 69.8 Å². The second-order valence-corrected chi connectivity index (χ2v) is 16.3. The third kappa shape index (κ3) is 8.21. The van der Waals surface area contributed by atoms with E-state index >= 15 is 35.1 Å². The molecule has 0 radical (unpaired) electrons. The summed E-state index contributed by atoms with van der Waals surface area (Å²) in [6, 6.07) is 0. The number of hydrogen-bond acceptors (Lipinski definition) is 0. The Hall–Kier alpha value is -4.50. The fraction of sp³-hybridized carbons (Fsp3) is 0.429. The van der Waals surface area contributed by atoms with E-state index in [4.69, 9.17) is 0 Å². The molecule has 2 aliphatic rings. The smallest absolute Gasteiger partial charge is 0.200 e. The minimum Gasteiger partial charge on any atom is -0.337 e. The molecule has 4 aromatic rings. The standard InChI is InChI=1S/C24BF20.C18H35N/c26-5-1(6(27)14(35)21(42)13(5)34)25(2-7(28)15(36)22(43)16(37)8(2)29,3-9(30)17(38)23(44)18(39)10(3)31)4-11(32)19(40)24(45)20(41)12(4)33;1-3-11-17(13-7-5-8-14-17)19-18(12-4-2)15-9-6-10-16-18/h;19H,3-16H2,1-2H3/q-1;/p+1. The molecule has 0 saturated heterocycles. The molecule has 4 aromatic carbocycles. The third-order valence-corrected chi connectivity index (χ3v) is 12.5. The van der Waals surface area contributed by atoms with Crippen molar-refractivity contribution in [2.75, 3.05) is 0 Å². The minimum absolute atomic E-state index is 0.625. The monoisotopic (exact) mass is 945 g/mol. The van der Waals surface area contributed by atoms with Gasteiger partial charge in [-0.2, -0.15) is 0 Å². The molecule has 0 unspecified atom stereocenters. The van der Waals surface area contributed by atoms with E-state index in [1.165, 1.54) is 89.9 Å². The van der Waals surface area contributed by atoms with Crippen molar-refractivity contribution in [3.05, 3.63) is 116 Å². The largest absolute Gasteiger partial charge is 0.337 e. The third-order valence-electron chi connectivity index (χ3n) is 12.5. The molecule has 0 amide bonds. The normalized spacial score (nSPS) is 16.2.